The summed E-state index contributed by atoms with van der Waals surface area (Å²) in [6.07, 6.45) is 6.50. The van der Waals surface area contributed by atoms with Crippen LogP contribution >= 0.6 is 11.6 Å². The van der Waals surface area contributed by atoms with Crippen LogP contribution in [0.25, 0.3) is 10.8 Å². The number of ether oxygens (including phenoxy) is 2. The van der Waals surface area contributed by atoms with Gasteiger partial charge in [-0.05, 0) is 54.7 Å². The summed E-state index contributed by atoms with van der Waals surface area (Å²) in [7, 11) is 0. The molecule has 0 bridgehead atoms. The molecule has 0 atom stereocenters. The molecule has 2 aromatic carbocycles. The van der Waals surface area contributed by atoms with Gasteiger partial charge in [-0.25, -0.2) is 0 Å². The average Bonchev–Trinajstić information content (AvgIpc) is 2.62. The molecule has 0 heterocycles. The second kappa shape index (κ2) is 10.5. The second-order valence-corrected chi connectivity index (χ2v) is 6.46. The lowest BCUT2D eigenvalue weighted by atomic mass is 10.0. The first-order chi connectivity index (χ1) is 11.8. The van der Waals surface area contributed by atoms with E-state index in [0.717, 1.165) is 50.4 Å². The first-order valence-corrected chi connectivity index (χ1v) is 9.70. The van der Waals surface area contributed by atoms with Gasteiger partial charge < -0.3 is 9.47 Å². The average molecular weight is 349 g/mol. The van der Waals surface area contributed by atoms with Gasteiger partial charge >= 0.3 is 0 Å². The van der Waals surface area contributed by atoms with Gasteiger partial charge in [0.25, 0.3) is 0 Å². The molecule has 132 valence electrons. The summed E-state index contributed by atoms with van der Waals surface area (Å²) in [6, 6.07) is 10.6. The van der Waals surface area contributed by atoms with Gasteiger partial charge in [0.1, 0.15) is 11.5 Å². The van der Waals surface area contributed by atoms with Crippen LogP contribution in [0.15, 0.2) is 30.3 Å². The SMILES string of the molecule is CCCCCOc1ccc2c(CC)c(OCCCCCl)ccc2c1. The number of hydrogen-bond acceptors (Lipinski definition) is 2. The Balaban J connectivity index is 2.10. The first kappa shape index (κ1) is 18.9. The van der Waals surface area contributed by atoms with Crippen LogP contribution in [0, 0.1) is 0 Å². The van der Waals surface area contributed by atoms with Crippen molar-refractivity contribution in [1.29, 1.82) is 0 Å². The van der Waals surface area contributed by atoms with Crippen LogP contribution < -0.4 is 9.47 Å². The summed E-state index contributed by atoms with van der Waals surface area (Å²) < 4.78 is 11.8. The smallest absolute Gasteiger partial charge is 0.123 e. The number of alkyl halides is 1. The zero-order chi connectivity index (χ0) is 17.2. The number of rotatable bonds is 11. The molecule has 0 saturated carbocycles. The molecule has 3 heteroatoms. The minimum Gasteiger partial charge on any atom is -0.494 e. The Morgan fingerprint density at radius 2 is 1.67 bits per heavy atom. The fourth-order valence-corrected chi connectivity index (χ4v) is 3.05. The Kier molecular flexibility index (Phi) is 8.24. The topological polar surface area (TPSA) is 18.5 Å². The van der Waals surface area contributed by atoms with Crippen LogP contribution in [0.4, 0.5) is 0 Å². The maximum Gasteiger partial charge on any atom is 0.123 e. The normalized spacial score (nSPS) is 11.0. The van der Waals surface area contributed by atoms with Gasteiger partial charge in [0.2, 0.25) is 0 Å². The predicted molar refractivity (Wildman–Crippen MR) is 104 cm³/mol. The summed E-state index contributed by atoms with van der Waals surface area (Å²) in [6.45, 7) is 5.90. The number of hydrogen-bond donors (Lipinski definition) is 0. The fraction of sp³-hybridized carbons (Fsp3) is 0.524. The van der Waals surface area contributed by atoms with Gasteiger partial charge in [0.15, 0.2) is 0 Å². The third-order valence-electron chi connectivity index (χ3n) is 4.22. The molecular formula is C21H29ClO2. The van der Waals surface area contributed by atoms with Gasteiger partial charge in [-0.1, -0.05) is 38.8 Å². The van der Waals surface area contributed by atoms with Crippen molar-refractivity contribution in [1.82, 2.24) is 0 Å². The van der Waals surface area contributed by atoms with Crippen molar-refractivity contribution >= 4 is 22.4 Å². The fourth-order valence-electron chi connectivity index (χ4n) is 2.86. The predicted octanol–water partition coefficient (Wildman–Crippen LogP) is 6.37. The molecule has 0 aliphatic rings. The summed E-state index contributed by atoms with van der Waals surface area (Å²) in [5, 5.41) is 2.47. The van der Waals surface area contributed by atoms with E-state index in [1.165, 1.54) is 29.2 Å². The number of halogens is 1. The molecule has 2 aromatic rings. The minimum absolute atomic E-state index is 0.697. The number of benzene rings is 2. The largest absolute Gasteiger partial charge is 0.494 e. The van der Waals surface area contributed by atoms with Gasteiger partial charge in [-0.3, -0.25) is 0 Å². The third kappa shape index (κ3) is 5.31. The van der Waals surface area contributed by atoms with Crippen LogP contribution in [-0.2, 0) is 6.42 Å². The minimum atomic E-state index is 0.697. The van der Waals surface area contributed by atoms with Gasteiger partial charge in [0.05, 0.1) is 13.2 Å². The van der Waals surface area contributed by atoms with Crippen molar-refractivity contribution < 1.29 is 9.47 Å². The van der Waals surface area contributed by atoms with E-state index >= 15 is 0 Å². The molecule has 0 aromatic heterocycles. The second-order valence-electron chi connectivity index (χ2n) is 6.08. The summed E-state index contributed by atoms with van der Waals surface area (Å²) in [4.78, 5) is 0. The van der Waals surface area contributed by atoms with Crippen LogP contribution in [0.2, 0.25) is 0 Å². The maximum absolute atomic E-state index is 5.97. The molecular weight excluding hydrogens is 320 g/mol. The summed E-state index contributed by atoms with van der Waals surface area (Å²) >= 11 is 5.72. The Morgan fingerprint density at radius 1 is 0.875 bits per heavy atom. The van der Waals surface area contributed by atoms with Crippen LogP contribution in [0.5, 0.6) is 11.5 Å². The summed E-state index contributed by atoms with van der Waals surface area (Å²) in [5.74, 6) is 2.65. The van der Waals surface area contributed by atoms with Crippen molar-refractivity contribution in [3.05, 3.63) is 35.9 Å². The highest BCUT2D eigenvalue weighted by Crippen LogP contribution is 2.31. The molecule has 2 nitrogen and oxygen atoms in total. The van der Waals surface area contributed by atoms with Crippen LogP contribution in [0.3, 0.4) is 0 Å². The van der Waals surface area contributed by atoms with Crippen LogP contribution in [0.1, 0.15) is 51.5 Å². The quantitative estimate of drug-likeness (QED) is 0.347. The van der Waals surface area contributed by atoms with Gasteiger partial charge in [-0.15, -0.1) is 11.6 Å². The van der Waals surface area contributed by atoms with E-state index in [1.807, 2.05) is 0 Å². The zero-order valence-electron chi connectivity index (χ0n) is 14.9. The molecule has 0 radical (unpaired) electrons. The van der Waals surface area contributed by atoms with E-state index in [4.69, 9.17) is 21.1 Å². The molecule has 0 amide bonds. The molecule has 0 unspecified atom stereocenters. The van der Waals surface area contributed by atoms with E-state index in [9.17, 15) is 0 Å². The highest BCUT2D eigenvalue weighted by molar-refractivity contribution is 6.17. The number of unbranched alkanes of at least 4 members (excludes halogenated alkanes) is 3. The van der Waals surface area contributed by atoms with Crippen molar-refractivity contribution in [3.63, 3.8) is 0 Å². The molecule has 24 heavy (non-hydrogen) atoms. The van der Waals surface area contributed by atoms with Crippen molar-refractivity contribution in [2.75, 3.05) is 19.1 Å². The highest BCUT2D eigenvalue weighted by atomic mass is 35.5. The van der Waals surface area contributed by atoms with Gasteiger partial charge in [-0.2, -0.15) is 0 Å². The van der Waals surface area contributed by atoms with E-state index in [1.54, 1.807) is 0 Å². The van der Waals surface area contributed by atoms with Gasteiger partial charge in [0, 0.05) is 11.4 Å². The summed E-state index contributed by atoms with van der Waals surface area (Å²) in [5.41, 5.74) is 1.27. The molecule has 0 fully saturated rings. The zero-order valence-corrected chi connectivity index (χ0v) is 15.7. The van der Waals surface area contributed by atoms with Crippen LogP contribution in [-0.4, -0.2) is 19.1 Å². The Morgan fingerprint density at radius 3 is 2.42 bits per heavy atom. The standard InChI is InChI=1S/C21H29ClO2/c1-3-5-7-14-23-18-10-11-20-17(16-18)9-12-21(19(20)4-2)24-15-8-6-13-22/h9-12,16H,3-8,13-15H2,1-2H3. The lowest BCUT2D eigenvalue weighted by Gasteiger charge is -2.14. The lowest BCUT2D eigenvalue weighted by Crippen LogP contribution is -2.01. The third-order valence-corrected chi connectivity index (χ3v) is 4.48. The van der Waals surface area contributed by atoms with E-state index in [0.29, 0.717) is 5.88 Å². The van der Waals surface area contributed by atoms with Crippen molar-refractivity contribution in [3.8, 4) is 11.5 Å². The Bertz CT molecular complexity index is 625. The van der Waals surface area contributed by atoms with Crippen molar-refractivity contribution in [2.24, 2.45) is 0 Å². The van der Waals surface area contributed by atoms with E-state index < -0.39 is 0 Å². The molecule has 0 aliphatic heterocycles. The highest BCUT2D eigenvalue weighted by Gasteiger charge is 2.08. The first-order valence-electron chi connectivity index (χ1n) is 9.17. The van der Waals surface area contributed by atoms with Crippen molar-refractivity contribution in [2.45, 2.75) is 52.4 Å². The molecule has 0 N–H and O–H groups in total. The molecule has 0 spiro atoms. The monoisotopic (exact) mass is 348 g/mol. The Hall–Kier alpha value is -1.41. The molecule has 2 rings (SSSR count). The molecule has 0 saturated heterocycles. The molecule has 0 aliphatic carbocycles. The lowest BCUT2D eigenvalue weighted by molar-refractivity contribution is 0.306. The Labute approximate surface area is 151 Å². The number of aryl methyl sites for hydroxylation is 1. The van der Waals surface area contributed by atoms with E-state index in [2.05, 4.69) is 44.2 Å². The maximum atomic E-state index is 5.97. The number of fused-ring (bicyclic) bond motifs is 1. The van der Waals surface area contributed by atoms with E-state index in [-0.39, 0.29) is 0 Å².